The largest absolute Gasteiger partial charge is 0.354 e. The Hall–Kier alpha value is -2.11. The number of sulfonamides is 1. The number of hydrogen-bond acceptors (Lipinski definition) is 5. The van der Waals surface area contributed by atoms with Crippen LogP contribution in [0.2, 0.25) is 0 Å². The van der Waals surface area contributed by atoms with Crippen LogP contribution in [0.1, 0.15) is 12.2 Å². The lowest BCUT2D eigenvalue weighted by Crippen LogP contribution is -2.63. The number of para-hydroxylation sites is 2. The summed E-state index contributed by atoms with van der Waals surface area (Å²) in [6, 6.07) is 6.36. The number of amides is 1. The molecule has 4 rings (SSSR count). The number of benzene rings is 1. The number of rotatable bonds is 6. The molecule has 0 unspecified atom stereocenters. The minimum Gasteiger partial charge on any atom is -0.354 e. The van der Waals surface area contributed by atoms with Gasteiger partial charge in [0.1, 0.15) is 5.82 Å². The van der Waals surface area contributed by atoms with Crippen LogP contribution in [0, 0.1) is 0 Å². The van der Waals surface area contributed by atoms with Gasteiger partial charge in [0.25, 0.3) is 5.92 Å². The van der Waals surface area contributed by atoms with E-state index in [4.69, 9.17) is 0 Å². The lowest BCUT2D eigenvalue weighted by molar-refractivity contribution is -0.127. The van der Waals surface area contributed by atoms with Crippen LogP contribution in [0.3, 0.4) is 0 Å². The van der Waals surface area contributed by atoms with Crippen LogP contribution in [0.25, 0.3) is 11.0 Å². The standard InChI is InChI=1S/C19H25F2N5O3S/c1-24-15-6-4-3-5-14(15)23-17(24)7-8-22-18(27)16-9-19(20,21)12-26(16)13-10-25(11-13)30(2,28)29/h3-6,13,16H,7-12H2,1-2H3,(H,22,27)/t16-/m0/s1. The Morgan fingerprint density at radius 3 is 2.67 bits per heavy atom. The number of carbonyl (C=O) groups is 1. The molecule has 0 saturated carbocycles. The van der Waals surface area contributed by atoms with Gasteiger partial charge in [0, 0.05) is 45.6 Å². The van der Waals surface area contributed by atoms with Crippen molar-refractivity contribution >= 4 is 27.0 Å². The van der Waals surface area contributed by atoms with Crippen molar-refractivity contribution in [3.63, 3.8) is 0 Å². The molecular weight excluding hydrogens is 416 g/mol. The molecule has 164 valence electrons. The second-order valence-corrected chi connectivity index (χ2v) is 10.1. The molecule has 2 fully saturated rings. The fourth-order valence-corrected chi connectivity index (χ4v) is 5.09. The first-order valence-electron chi connectivity index (χ1n) is 9.82. The van der Waals surface area contributed by atoms with E-state index >= 15 is 0 Å². The second-order valence-electron chi connectivity index (χ2n) is 8.10. The Morgan fingerprint density at radius 1 is 1.30 bits per heavy atom. The third-order valence-electron chi connectivity index (χ3n) is 5.90. The van der Waals surface area contributed by atoms with Crippen molar-refractivity contribution in [3.8, 4) is 0 Å². The zero-order valence-electron chi connectivity index (χ0n) is 16.9. The highest BCUT2D eigenvalue weighted by Crippen LogP contribution is 2.35. The maximum absolute atomic E-state index is 14.0. The summed E-state index contributed by atoms with van der Waals surface area (Å²) in [4.78, 5) is 18.7. The van der Waals surface area contributed by atoms with Gasteiger partial charge in [-0.1, -0.05) is 12.1 Å². The van der Waals surface area contributed by atoms with Gasteiger partial charge in [-0.05, 0) is 12.1 Å². The molecule has 2 aliphatic heterocycles. The lowest BCUT2D eigenvalue weighted by atomic mass is 10.1. The Balaban J connectivity index is 1.37. The van der Waals surface area contributed by atoms with Gasteiger partial charge in [-0.2, -0.15) is 4.31 Å². The molecule has 1 atom stereocenters. The minimum absolute atomic E-state index is 0.137. The molecule has 2 saturated heterocycles. The average molecular weight is 442 g/mol. The van der Waals surface area contributed by atoms with Gasteiger partial charge in [-0.15, -0.1) is 0 Å². The van der Waals surface area contributed by atoms with E-state index in [1.165, 1.54) is 9.21 Å². The van der Waals surface area contributed by atoms with Crippen molar-refractivity contribution in [2.24, 2.45) is 7.05 Å². The van der Waals surface area contributed by atoms with Gasteiger partial charge in [0.2, 0.25) is 15.9 Å². The average Bonchev–Trinajstić information content (AvgIpc) is 3.09. The fourth-order valence-electron chi connectivity index (χ4n) is 4.20. The molecule has 0 bridgehead atoms. The van der Waals surface area contributed by atoms with Crippen LogP contribution in [0.4, 0.5) is 8.78 Å². The van der Waals surface area contributed by atoms with Gasteiger partial charge < -0.3 is 9.88 Å². The quantitative estimate of drug-likeness (QED) is 0.709. The summed E-state index contributed by atoms with van der Waals surface area (Å²) in [5.74, 6) is -2.62. The van der Waals surface area contributed by atoms with E-state index in [0.717, 1.165) is 23.1 Å². The van der Waals surface area contributed by atoms with E-state index < -0.39 is 40.9 Å². The van der Waals surface area contributed by atoms with E-state index in [1.54, 1.807) is 0 Å². The number of likely N-dealkylation sites (tertiary alicyclic amines) is 1. The van der Waals surface area contributed by atoms with E-state index in [0.29, 0.717) is 6.42 Å². The van der Waals surface area contributed by atoms with Crippen molar-refractivity contribution in [2.75, 3.05) is 32.4 Å². The number of fused-ring (bicyclic) bond motifs is 1. The molecular formula is C19H25F2N5O3S. The third kappa shape index (κ3) is 4.06. The molecule has 0 aliphatic carbocycles. The first kappa shape index (κ1) is 21.1. The number of aromatic nitrogens is 2. The summed E-state index contributed by atoms with van der Waals surface area (Å²) in [6.07, 6.45) is 1.01. The molecule has 1 amide bonds. The summed E-state index contributed by atoms with van der Waals surface area (Å²) >= 11 is 0. The maximum atomic E-state index is 14.0. The molecule has 2 aliphatic rings. The van der Waals surface area contributed by atoms with Crippen molar-refractivity contribution in [1.29, 1.82) is 0 Å². The number of carbonyl (C=O) groups excluding carboxylic acids is 1. The van der Waals surface area contributed by atoms with Crippen LogP contribution < -0.4 is 5.32 Å². The van der Waals surface area contributed by atoms with Crippen molar-refractivity contribution in [2.45, 2.75) is 30.8 Å². The predicted octanol–water partition coefficient (Wildman–Crippen LogP) is 0.585. The van der Waals surface area contributed by atoms with Crippen molar-refractivity contribution in [1.82, 2.24) is 24.1 Å². The third-order valence-corrected chi connectivity index (χ3v) is 7.14. The van der Waals surface area contributed by atoms with Gasteiger partial charge in [-0.3, -0.25) is 9.69 Å². The lowest BCUT2D eigenvalue weighted by Gasteiger charge is -2.44. The van der Waals surface area contributed by atoms with Crippen LogP contribution in [0.5, 0.6) is 0 Å². The van der Waals surface area contributed by atoms with E-state index in [-0.39, 0.29) is 25.7 Å². The summed E-state index contributed by atoms with van der Waals surface area (Å²) in [5, 5.41) is 2.76. The van der Waals surface area contributed by atoms with Crippen LogP contribution in [-0.4, -0.2) is 83.5 Å². The normalized spacial score (nSPS) is 23.0. The zero-order valence-corrected chi connectivity index (χ0v) is 17.7. The Bertz CT molecular complexity index is 1070. The number of alkyl halides is 2. The topological polar surface area (TPSA) is 87.5 Å². The number of nitrogens with one attached hydrogen (secondary N) is 1. The van der Waals surface area contributed by atoms with Crippen molar-refractivity contribution < 1.29 is 22.0 Å². The Kier molecular flexibility index (Phi) is 5.31. The molecule has 1 aromatic carbocycles. The highest BCUT2D eigenvalue weighted by molar-refractivity contribution is 7.88. The van der Waals surface area contributed by atoms with Crippen molar-refractivity contribution in [3.05, 3.63) is 30.1 Å². The maximum Gasteiger partial charge on any atom is 0.262 e. The molecule has 0 spiro atoms. The molecule has 8 nitrogen and oxygen atoms in total. The molecule has 11 heteroatoms. The minimum atomic E-state index is -3.35. The molecule has 1 aromatic heterocycles. The molecule has 2 aromatic rings. The van der Waals surface area contributed by atoms with Gasteiger partial charge in [0.15, 0.2) is 0 Å². The number of hydrogen-bond donors (Lipinski definition) is 1. The van der Waals surface area contributed by atoms with E-state index in [1.807, 2.05) is 35.9 Å². The Morgan fingerprint density at radius 2 is 2.00 bits per heavy atom. The number of aryl methyl sites for hydroxylation is 1. The van der Waals surface area contributed by atoms with Gasteiger partial charge >= 0.3 is 0 Å². The molecule has 0 radical (unpaired) electrons. The summed E-state index contributed by atoms with van der Waals surface area (Å²) in [5.41, 5.74) is 1.85. The number of imidazole rings is 1. The summed E-state index contributed by atoms with van der Waals surface area (Å²) in [6.45, 7) is 0.0290. The van der Waals surface area contributed by atoms with Crippen LogP contribution in [-0.2, 0) is 28.3 Å². The Labute approximate surface area is 173 Å². The highest BCUT2D eigenvalue weighted by Gasteiger charge is 2.53. The first-order chi connectivity index (χ1) is 14.0. The smallest absolute Gasteiger partial charge is 0.262 e. The highest BCUT2D eigenvalue weighted by atomic mass is 32.2. The number of halogens is 2. The fraction of sp³-hybridized carbons (Fsp3) is 0.579. The van der Waals surface area contributed by atoms with Gasteiger partial charge in [0.05, 0.1) is 29.9 Å². The summed E-state index contributed by atoms with van der Waals surface area (Å²) in [7, 11) is -1.45. The van der Waals surface area contributed by atoms with Gasteiger partial charge in [-0.25, -0.2) is 22.2 Å². The van der Waals surface area contributed by atoms with Crippen LogP contribution in [0.15, 0.2) is 24.3 Å². The second kappa shape index (κ2) is 7.54. The number of nitrogens with zero attached hydrogens (tertiary/aromatic N) is 4. The van der Waals surface area contributed by atoms with E-state index in [9.17, 15) is 22.0 Å². The molecule has 30 heavy (non-hydrogen) atoms. The predicted molar refractivity (Wildman–Crippen MR) is 108 cm³/mol. The monoisotopic (exact) mass is 441 g/mol. The van der Waals surface area contributed by atoms with Crippen LogP contribution >= 0.6 is 0 Å². The summed E-state index contributed by atoms with van der Waals surface area (Å²) < 4.78 is 54.4. The SMILES string of the molecule is Cn1c(CCNC(=O)[C@@H]2CC(F)(F)CN2C2CN(S(C)(=O)=O)C2)nc2ccccc21. The zero-order chi connectivity index (χ0) is 21.7. The van der Waals surface area contributed by atoms with E-state index in [2.05, 4.69) is 10.3 Å². The molecule has 1 N–H and O–H groups in total. The molecule has 3 heterocycles. The first-order valence-corrected chi connectivity index (χ1v) is 11.7.